The van der Waals surface area contributed by atoms with Gasteiger partial charge in [-0.25, -0.2) is 4.39 Å². The Morgan fingerprint density at radius 1 is 1.04 bits per heavy atom. The van der Waals surface area contributed by atoms with Crippen LogP contribution in [-0.4, -0.2) is 36.0 Å². The third kappa shape index (κ3) is 3.68. The van der Waals surface area contributed by atoms with Crippen LogP contribution in [0.3, 0.4) is 0 Å². The topological polar surface area (TPSA) is 46.6 Å². The SMILES string of the molecule is O=C1C(Sc2ccccc2)=C(c2ccc(F)cc2)C(=O)N1CC1CCCO1. The Hall–Kier alpha value is -2.44. The molecule has 2 aliphatic rings. The molecule has 27 heavy (non-hydrogen) atoms. The maximum Gasteiger partial charge on any atom is 0.268 e. The van der Waals surface area contributed by atoms with Crippen molar-refractivity contribution in [2.75, 3.05) is 13.2 Å². The predicted octanol–water partition coefficient (Wildman–Crippen LogP) is 3.88. The van der Waals surface area contributed by atoms with Crippen molar-refractivity contribution in [3.05, 3.63) is 70.9 Å². The summed E-state index contributed by atoms with van der Waals surface area (Å²) in [6.07, 6.45) is 1.66. The number of carbonyl (C=O) groups excluding carboxylic acids is 2. The summed E-state index contributed by atoms with van der Waals surface area (Å²) in [6.45, 7) is 0.909. The molecule has 2 amide bonds. The van der Waals surface area contributed by atoms with E-state index >= 15 is 0 Å². The lowest BCUT2D eigenvalue weighted by Crippen LogP contribution is -2.37. The molecule has 2 heterocycles. The fraction of sp³-hybridized carbons (Fsp3) is 0.238. The fourth-order valence-corrected chi connectivity index (χ4v) is 4.32. The Bertz CT molecular complexity index is 889. The van der Waals surface area contributed by atoms with E-state index in [2.05, 4.69) is 0 Å². The summed E-state index contributed by atoms with van der Waals surface area (Å²) in [5, 5.41) is 0. The minimum atomic E-state index is -0.385. The summed E-state index contributed by atoms with van der Waals surface area (Å²) in [7, 11) is 0. The molecule has 0 radical (unpaired) electrons. The Kier molecular flexibility index (Phi) is 5.09. The minimum absolute atomic E-state index is 0.117. The van der Waals surface area contributed by atoms with Crippen molar-refractivity contribution >= 4 is 29.1 Å². The molecule has 0 saturated carbocycles. The first-order chi connectivity index (χ1) is 13.1. The van der Waals surface area contributed by atoms with Crippen LogP contribution in [0.4, 0.5) is 4.39 Å². The molecule has 2 aromatic rings. The molecule has 4 rings (SSSR count). The maximum atomic E-state index is 13.3. The Labute approximate surface area is 161 Å². The van der Waals surface area contributed by atoms with Crippen molar-refractivity contribution in [1.82, 2.24) is 4.90 Å². The van der Waals surface area contributed by atoms with Crippen molar-refractivity contribution in [2.24, 2.45) is 0 Å². The lowest BCUT2D eigenvalue weighted by Gasteiger charge is -2.19. The molecule has 6 heteroatoms. The van der Waals surface area contributed by atoms with Gasteiger partial charge in [0.1, 0.15) is 5.82 Å². The molecular formula is C21H18FNO3S. The number of benzene rings is 2. The third-order valence-electron chi connectivity index (χ3n) is 4.63. The van der Waals surface area contributed by atoms with Gasteiger partial charge in [0, 0.05) is 11.5 Å². The number of hydrogen-bond donors (Lipinski definition) is 0. The maximum absolute atomic E-state index is 13.3. The van der Waals surface area contributed by atoms with Crippen molar-refractivity contribution in [3.63, 3.8) is 0 Å². The Morgan fingerprint density at radius 3 is 2.44 bits per heavy atom. The van der Waals surface area contributed by atoms with Gasteiger partial charge in [0.2, 0.25) is 0 Å². The summed E-state index contributed by atoms with van der Waals surface area (Å²) in [4.78, 5) is 28.6. The zero-order valence-corrected chi connectivity index (χ0v) is 15.4. The molecule has 138 valence electrons. The number of carbonyl (C=O) groups is 2. The van der Waals surface area contributed by atoms with Crippen LogP contribution in [0.2, 0.25) is 0 Å². The average molecular weight is 383 g/mol. The van der Waals surface area contributed by atoms with Gasteiger partial charge < -0.3 is 4.74 Å². The standard InChI is InChI=1S/C21H18FNO3S/c22-15-10-8-14(9-11-15)18-19(27-17-6-2-1-3-7-17)21(25)23(20(18)24)13-16-5-4-12-26-16/h1-3,6-11,16H,4-5,12-13H2. The summed E-state index contributed by atoms with van der Waals surface area (Å²) < 4.78 is 18.9. The number of rotatable bonds is 5. The molecule has 4 nitrogen and oxygen atoms in total. The van der Waals surface area contributed by atoms with Crippen LogP contribution in [0.25, 0.3) is 5.57 Å². The first-order valence-electron chi connectivity index (χ1n) is 8.84. The van der Waals surface area contributed by atoms with Gasteiger partial charge in [0.15, 0.2) is 0 Å². The van der Waals surface area contributed by atoms with Crippen LogP contribution >= 0.6 is 11.8 Å². The second kappa shape index (κ2) is 7.66. The number of imide groups is 1. The molecule has 2 aromatic carbocycles. The smallest absolute Gasteiger partial charge is 0.268 e. The number of halogens is 1. The number of ether oxygens (including phenoxy) is 1. The molecule has 1 unspecified atom stereocenters. The molecule has 1 saturated heterocycles. The summed E-state index contributed by atoms with van der Waals surface area (Å²) >= 11 is 1.26. The highest BCUT2D eigenvalue weighted by Crippen LogP contribution is 2.40. The molecule has 2 aliphatic heterocycles. The van der Waals surface area contributed by atoms with Gasteiger partial charge in [0.25, 0.3) is 11.8 Å². The Balaban J connectivity index is 1.70. The predicted molar refractivity (Wildman–Crippen MR) is 101 cm³/mol. The average Bonchev–Trinajstić information content (AvgIpc) is 3.27. The number of thioether (sulfide) groups is 1. The van der Waals surface area contributed by atoms with E-state index in [0.29, 0.717) is 22.6 Å². The molecule has 0 aliphatic carbocycles. The largest absolute Gasteiger partial charge is 0.376 e. The van der Waals surface area contributed by atoms with Crippen molar-refractivity contribution in [1.29, 1.82) is 0 Å². The van der Waals surface area contributed by atoms with Crippen LogP contribution in [-0.2, 0) is 14.3 Å². The number of hydrogen-bond acceptors (Lipinski definition) is 4. The molecule has 0 N–H and O–H groups in total. The van der Waals surface area contributed by atoms with E-state index in [1.165, 1.54) is 40.9 Å². The second-order valence-electron chi connectivity index (χ2n) is 6.48. The van der Waals surface area contributed by atoms with Crippen LogP contribution in [0.5, 0.6) is 0 Å². The van der Waals surface area contributed by atoms with E-state index in [1.807, 2.05) is 30.3 Å². The molecular weight excluding hydrogens is 365 g/mol. The first kappa shape index (κ1) is 17.9. The zero-order valence-electron chi connectivity index (χ0n) is 14.6. The molecule has 0 bridgehead atoms. The highest BCUT2D eigenvalue weighted by atomic mass is 32.2. The summed E-state index contributed by atoms with van der Waals surface area (Å²) in [6, 6.07) is 15.1. The zero-order chi connectivity index (χ0) is 18.8. The van der Waals surface area contributed by atoms with Gasteiger partial charge in [-0.2, -0.15) is 0 Å². The van der Waals surface area contributed by atoms with Gasteiger partial charge >= 0.3 is 0 Å². The Morgan fingerprint density at radius 2 is 1.78 bits per heavy atom. The third-order valence-corrected chi connectivity index (χ3v) is 5.72. The monoisotopic (exact) mass is 383 g/mol. The van der Waals surface area contributed by atoms with Crippen LogP contribution in [0, 0.1) is 5.82 Å². The van der Waals surface area contributed by atoms with E-state index in [0.717, 1.165) is 17.7 Å². The van der Waals surface area contributed by atoms with Crippen molar-refractivity contribution in [2.45, 2.75) is 23.8 Å². The highest BCUT2D eigenvalue weighted by Gasteiger charge is 2.40. The van der Waals surface area contributed by atoms with E-state index in [4.69, 9.17) is 4.74 Å². The van der Waals surface area contributed by atoms with Crippen LogP contribution < -0.4 is 0 Å². The first-order valence-corrected chi connectivity index (χ1v) is 9.66. The van der Waals surface area contributed by atoms with Crippen molar-refractivity contribution < 1.29 is 18.7 Å². The minimum Gasteiger partial charge on any atom is -0.376 e. The van der Waals surface area contributed by atoms with E-state index < -0.39 is 0 Å². The second-order valence-corrected chi connectivity index (χ2v) is 7.57. The highest BCUT2D eigenvalue weighted by molar-refractivity contribution is 8.04. The van der Waals surface area contributed by atoms with Crippen LogP contribution in [0.15, 0.2) is 64.4 Å². The van der Waals surface area contributed by atoms with Gasteiger partial charge in [0.05, 0.1) is 23.1 Å². The van der Waals surface area contributed by atoms with Crippen molar-refractivity contribution in [3.8, 4) is 0 Å². The number of nitrogens with zero attached hydrogens (tertiary/aromatic N) is 1. The summed E-state index contributed by atoms with van der Waals surface area (Å²) in [5.41, 5.74) is 0.870. The molecule has 1 fully saturated rings. The van der Waals surface area contributed by atoms with Gasteiger partial charge in [-0.1, -0.05) is 42.1 Å². The molecule has 0 aromatic heterocycles. The number of amides is 2. The van der Waals surface area contributed by atoms with E-state index in [9.17, 15) is 14.0 Å². The van der Waals surface area contributed by atoms with Gasteiger partial charge in [-0.15, -0.1) is 0 Å². The van der Waals surface area contributed by atoms with Gasteiger partial charge in [-0.3, -0.25) is 14.5 Å². The quantitative estimate of drug-likeness (QED) is 0.736. The fourth-order valence-electron chi connectivity index (χ4n) is 3.28. The van der Waals surface area contributed by atoms with E-state index in [-0.39, 0.29) is 30.3 Å². The molecule has 1 atom stereocenters. The lowest BCUT2D eigenvalue weighted by molar-refractivity contribution is -0.138. The van der Waals surface area contributed by atoms with Crippen LogP contribution in [0.1, 0.15) is 18.4 Å². The summed E-state index contributed by atoms with van der Waals surface area (Å²) in [5.74, 6) is -1.05. The van der Waals surface area contributed by atoms with Gasteiger partial charge in [-0.05, 0) is 42.7 Å². The molecule has 0 spiro atoms. The van der Waals surface area contributed by atoms with E-state index in [1.54, 1.807) is 0 Å². The lowest BCUT2D eigenvalue weighted by atomic mass is 10.1. The normalized spacial score (nSPS) is 20.0.